The molecule has 1 aromatic heterocycles. The highest BCUT2D eigenvalue weighted by Crippen LogP contribution is 2.26. The second-order valence-corrected chi connectivity index (χ2v) is 5.19. The van der Waals surface area contributed by atoms with E-state index in [2.05, 4.69) is 23.5 Å². The van der Waals surface area contributed by atoms with Crippen molar-refractivity contribution in [3.05, 3.63) is 34.7 Å². The lowest BCUT2D eigenvalue weighted by atomic mass is 10.1. The summed E-state index contributed by atoms with van der Waals surface area (Å²) in [5, 5.41) is 5.92. The summed E-state index contributed by atoms with van der Waals surface area (Å²) in [4.78, 5) is 11.9. The molecule has 0 fully saturated rings. The van der Waals surface area contributed by atoms with Gasteiger partial charge in [-0.3, -0.25) is 4.79 Å². The second-order valence-electron chi connectivity index (χ2n) is 4.28. The van der Waals surface area contributed by atoms with E-state index in [4.69, 9.17) is 0 Å². The summed E-state index contributed by atoms with van der Waals surface area (Å²) in [6, 6.07) is 6.39. The first-order valence-electron chi connectivity index (χ1n) is 5.36. The molecule has 0 spiro atoms. The van der Waals surface area contributed by atoms with E-state index in [-0.39, 0.29) is 11.9 Å². The first-order valence-corrected chi connectivity index (χ1v) is 6.24. The number of nitrogens with one attached hydrogen (secondary N) is 1. The van der Waals surface area contributed by atoms with Gasteiger partial charge >= 0.3 is 0 Å². The fourth-order valence-corrected chi connectivity index (χ4v) is 2.58. The molecule has 1 amide bonds. The van der Waals surface area contributed by atoms with Gasteiger partial charge < -0.3 is 5.32 Å². The minimum atomic E-state index is 0.0202. The molecule has 1 heterocycles. The van der Waals surface area contributed by atoms with Gasteiger partial charge in [-0.05, 0) is 32.9 Å². The molecule has 0 unspecified atom stereocenters. The average molecular weight is 233 g/mol. The fraction of sp³-hybridized carbons (Fsp3) is 0.308. The van der Waals surface area contributed by atoms with Crippen LogP contribution in [0, 0.1) is 6.92 Å². The number of aryl methyl sites for hydroxylation is 1. The van der Waals surface area contributed by atoms with Gasteiger partial charge in [-0.1, -0.05) is 11.6 Å². The maximum atomic E-state index is 11.9. The lowest BCUT2D eigenvalue weighted by Gasteiger charge is -2.07. The molecule has 0 saturated heterocycles. The molecule has 3 heteroatoms. The quantitative estimate of drug-likeness (QED) is 0.846. The van der Waals surface area contributed by atoms with Crippen LogP contribution in [0.15, 0.2) is 23.6 Å². The molecule has 16 heavy (non-hydrogen) atoms. The third-order valence-corrected chi connectivity index (χ3v) is 3.36. The van der Waals surface area contributed by atoms with Crippen LogP contribution in [-0.2, 0) is 0 Å². The second kappa shape index (κ2) is 4.26. The van der Waals surface area contributed by atoms with E-state index in [1.807, 2.05) is 26.2 Å². The van der Waals surface area contributed by atoms with Crippen molar-refractivity contribution in [3.63, 3.8) is 0 Å². The van der Waals surface area contributed by atoms with Crippen molar-refractivity contribution in [1.29, 1.82) is 0 Å². The Labute approximate surface area is 99.3 Å². The summed E-state index contributed by atoms with van der Waals surface area (Å²) in [6.07, 6.45) is 0. The van der Waals surface area contributed by atoms with Crippen molar-refractivity contribution in [2.75, 3.05) is 0 Å². The number of amides is 1. The summed E-state index contributed by atoms with van der Waals surface area (Å²) in [6.45, 7) is 5.98. The van der Waals surface area contributed by atoms with Crippen LogP contribution in [-0.4, -0.2) is 11.9 Å². The molecule has 1 N–H and O–H groups in total. The third kappa shape index (κ3) is 2.09. The first kappa shape index (κ1) is 11.1. The Kier molecular flexibility index (Phi) is 2.97. The van der Waals surface area contributed by atoms with E-state index in [0.717, 1.165) is 10.9 Å². The minimum absolute atomic E-state index is 0.0202. The number of hydrogen-bond acceptors (Lipinski definition) is 2. The molecule has 0 bridgehead atoms. The van der Waals surface area contributed by atoms with Crippen molar-refractivity contribution in [1.82, 2.24) is 5.32 Å². The molecule has 84 valence electrons. The van der Waals surface area contributed by atoms with Gasteiger partial charge in [0.2, 0.25) is 0 Å². The average Bonchev–Trinajstić information content (AvgIpc) is 2.59. The van der Waals surface area contributed by atoms with E-state index < -0.39 is 0 Å². The Hall–Kier alpha value is -1.35. The van der Waals surface area contributed by atoms with Gasteiger partial charge in [0.05, 0.1) is 5.56 Å². The largest absolute Gasteiger partial charge is 0.350 e. The molecule has 2 nitrogen and oxygen atoms in total. The number of carbonyl (C=O) groups excluding carboxylic acids is 1. The fourth-order valence-electron chi connectivity index (χ4n) is 1.66. The number of fused-ring (bicyclic) bond motifs is 1. The summed E-state index contributed by atoms with van der Waals surface area (Å²) in [7, 11) is 0. The highest BCUT2D eigenvalue weighted by molar-refractivity contribution is 7.17. The van der Waals surface area contributed by atoms with Gasteiger partial charge in [-0.2, -0.15) is 0 Å². The van der Waals surface area contributed by atoms with Crippen molar-refractivity contribution in [2.45, 2.75) is 26.8 Å². The van der Waals surface area contributed by atoms with Crippen LogP contribution in [0.5, 0.6) is 0 Å². The lowest BCUT2D eigenvalue weighted by molar-refractivity contribution is 0.0945. The SMILES string of the molecule is Cc1ccc2scc(C(=O)NC(C)C)c2c1. The Morgan fingerprint density at radius 1 is 1.38 bits per heavy atom. The van der Waals surface area contributed by atoms with Crippen molar-refractivity contribution >= 4 is 27.3 Å². The third-order valence-electron chi connectivity index (χ3n) is 2.39. The summed E-state index contributed by atoms with van der Waals surface area (Å²) in [5.74, 6) is 0.0202. The highest BCUT2D eigenvalue weighted by atomic mass is 32.1. The van der Waals surface area contributed by atoms with E-state index in [9.17, 15) is 4.79 Å². The van der Waals surface area contributed by atoms with E-state index in [1.165, 1.54) is 10.3 Å². The van der Waals surface area contributed by atoms with Crippen LogP contribution in [0.1, 0.15) is 29.8 Å². The molecule has 2 aromatic rings. The monoisotopic (exact) mass is 233 g/mol. The molecule has 0 atom stereocenters. The van der Waals surface area contributed by atoms with Gasteiger partial charge in [-0.25, -0.2) is 0 Å². The van der Waals surface area contributed by atoms with Gasteiger partial charge in [0, 0.05) is 21.5 Å². The molecule has 0 aliphatic rings. The van der Waals surface area contributed by atoms with Crippen LogP contribution in [0.2, 0.25) is 0 Å². The van der Waals surface area contributed by atoms with Gasteiger partial charge in [0.15, 0.2) is 0 Å². The lowest BCUT2D eigenvalue weighted by Crippen LogP contribution is -2.29. The van der Waals surface area contributed by atoms with E-state index >= 15 is 0 Å². The predicted octanol–water partition coefficient (Wildman–Crippen LogP) is 3.35. The zero-order valence-corrected chi connectivity index (χ0v) is 10.5. The topological polar surface area (TPSA) is 29.1 Å². The number of hydrogen-bond donors (Lipinski definition) is 1. The standard InChI is InChI=1S/C13H15NOS/c1-8(2)14-13(15)11-7-16-12-5-4-9(3)6-10(11)12/h4-8H,1-3H3,(H,14,15). The Bertz CT molecular complexity index is 528. The molecule has 2 rings (SSSR count). The maximum Gasteiger partial charge on any atom is 0.252 e. The van der Waals surface area contributed by atoms with Crippen LogP contribution >= 0.6 is 11.3 Å². The maximum absolute atomic E-state index is 11.9. The van der Waals surface area contributed by atoms with Gasteiger partial charge in [-0.15, -0.1) is 11.3 Å². The summed E-state index contributed by atoms with van der Waals surface area (Å²) >= 11 is 1.62. The Morgan fingerprint density at radius 3 is 2.81 bits per heavy atom. The zero-order chi connectivity index (χ0) is 11.7. The number of thiophene rings is 1. The number of benzene rings is 1. The molecular formula is C13H15NOS. The smallest absolute Gasteiger partial charge is 0.252 e. The van der Waals surface area contributed by atoms with Crippen LogP contribution in [0.3, 0.4) is 0 Å². The molecule has 0 aliphatic carbocycles. The normalized spacial score (nSPS) is 11.0. The van der Waals surface area contributed by atoms with Crippen molar-refractivity contribution in [3.8, 4) is 0 Å². The van der Waals surface area contributed by atoms with E-state index in [0.29, 0.717) is 0 Å². The Balaban J connectivity index is 2.44. The number of carbonyl (C=O) groups is 1. The van der Waals surface area contributed by atoms with Crippen LogP contribution < -0.4 is 5.32 Å². The first-order chi connectivity index (χ1) is 7.58. The molecular weight excluding hydrogens is 218 g/mol. The molecule has 0 radical (unpaired) electrons. The van der Waals surface area contributed by atoms with Gasteiger partial charge in [0.25, 0.3) is 5.91 Å². The molecule has 1 aromatic carbocycles. The minimum Gasteiger partial charge on any atom is -0.350 e. The van der Waals surface area contributed by atoms with Crippen molar-refractivity contribution in [2.24, 2.45) is 0 Å². The molecule has 0 aliphatic heterocycles. The Morgan fingerprint density at radius 2 is 2.12 bits per heavy atom. The predicted molar refractivity (Wildman–Crippen MR) is 69.2 cm³/mol. The number of rotatable bonds is 2. The van der Waals surface area contributed by atoms with Crippen LogP contribution in [0.25, 0.3) is 10.1 Å². The zero-order valence-electron chi connectivity index (χ0n) is 9.70. The summed E-state index contributed by atoms with van der Waals surface area (Å²) in [5.41, 5.74) is 1.97. The van der Waals surface area contributed by atoms with Crippen molar-refractivity contribution < 1.29 is 4.79 Å². The highest BCUT2D eigenvalue weighted by Gasteiger charge is 2.12. The van der Waals surface area contributed by atoms with E-state index in [1.54, 1.807) is 11.3 Å². The van der Waals surface area contributed by atoms with Crippen LogP contribution in [0.4, 0.5) is 0 Å². The van der Waals surface area contributed by atoms with Gasteiger partial charge in [0.1, 0.15) is 0 Å². The molecule has 0 saturated carbocycles. The summed E-state index contributed by atoms with van der Waals surface area (Å²) < 4.78 is 1.17.